The first-order valence-corrected chi connectivity index (χ1v) is 6.08. The molecule has 0 fully saturated rings. The zero-order valence-electron chi connectivity index (χ0n) is 7.08. The van der Waals surface area contributed by atoms with Gasteiger partial charge in [-0.15, -0.1) is 0 Å². The van der Waals surface area contributed by atoms with Gasteiger partial charge in [-0.3, -0.25) is 4.79 Å². The first-order valence-electron chi connectivity index (χ1n) is 3.60. The normalized spacial score (nSPS) is 11.2. The van der Waals surface area contributed by atoms with Crippen LogP contribution in [0.1, 0.15) is 13.8 Å². The second kappa shape index (κ2) is 4.67. The van der Waals surface area contributed by atoms with Crippen molar-refractivity contribution in [1.29, 1.82) is 0 Å². The SMILES string of the molecule is CCN(CC)C(=O)CS(=O)(=O)Cl. The smallest absolute Gasteiger partial charge is 0.241 e. The number of hydrogen-bond acceptors (Lipinski definition) is 3. The van der Waals surface area contributed by atoms with Crippen LogP contribution in [0.3, 0.4) is 0 Å². The Hall–Kier alpha value is -0.290. The summed E-state index contributed by atoms with van der Waals surface area (Å²) in [5.74, 6) is -1.06. The Balaban J connectivity index is 4.21. The van der Waals surface area contributed by atoms with E-state index in [1.165, 1.54) is 4.90 Å². The van der Waals surface area contributed by atoms with E-state index in [1.54, 1.807) is 13.8 Å². The van der Waals surface area contributed by atoms with Gasteiger partial charge in [0.1, 0.15) is 5.75 Å². The summed E-state index contributed by atoms with van der Waals surface area (Å²) >= 11 is 0. The van der Waals surface area contributed by atoms with Crippen LogP contribution < -0.4 is 0 Å². The van der Waals surface area contributed by atoms with Gasteiger partial charge in [-0.2, -0.15) is 0 Å². The van der Waals surface area contributed by atoms with Crippen molar-refractivity contribution in [3.8, 4) is 0 Å². The molecule has 1 amide bonds. The topological polar surface area (TPSA) is 54.5 Å². The van der Waals surface area contributed by atoms with Crippen LogP contribution in [-0.4, -0.2) is 38.1 Å². The third-order valence-electron chi connectivity index (χ3n) is 1.41. The number of hydrogen-bond donors (Lipinski definition) is 0. The lowest BCUT2D eigenvalue weighted by Crippen LogP contribution is -2.34. The highest BCUT2D eigenvalue weighted by Crippen LogP contribution is 1.99. The molecule has 0 bridgehead atoms. The fraction of sp³-hybridized carbons (Fsp3) is 0.833. The predicted octanol–water partition coefficient (Wildman–Crippen LogP) is 0.423. The lowest BCUT2D eigenvalue weighted by atomic mass is 10.5. The molecule has 0 unspecified atom stereocenters. The van der Waals surface area contributed by atoms with E-state index in [0.717, 1.165) is 0 Å². The molecule has 12 heavy (non-hydrogen) atoms. The van der Waals surface area contributed by atoms with Gasteiger partial charge < -0.3 is 4.90 Å². The number of nitrogens with zero attached hydrogens (tertiary/aromatic N) is 1. The Morgan fingerprint density at radius 3 is 2.00 bits per heavy atom. The molecule has 0 radical (unpaired) electrons. The Morgan fingerprint density at radius 2 is 1.75 bits per heavy atom. The number of carbonyl (C=O) groups excluding carboxylic acids is 1. The van der Waals surface area contributed by atoms with Gasteiger partial charge in [0.2, 0.25) is 15.0 Å². The maximum absolute atomic E-state index is 11.1. The summed E-state index contributed by atoms with van der Waals surface area (Å²) in [6, 6.07) is 0. The molecular weight excluding hydrogens is 202 g/mol. The second-order valence-corrected chi connectivity index (χ2v) is 5.03. The monoisotopic (exact) mass is 213 g/mol. The van der Waals surface area contributed by atoms with Gasteiger partial charge in [0.15, 0.2) is 0 Å². The van der Waals surface area contributed by atoms with Crippen molar-refractivity contribution >= 4 is 25.6 Å². The number of amides is 1. The van der Waals surface area contributed by atoms with E-state index < -0.39 is 20.7 Å². The molecule has 0 atom stereocenters. The lowest BCUT2D eigenvalue weighted by Gasteiger charge is -2.17. The van der Waals surface area contributed by atoms with Crippen molar-refractivity contribution in [1.82, 2.24) is 4.90 Å². The molecular formula is C6H12ClNO3S. The van der Waals surface area contributed by atoms with Crippen LogP contribution in [0.2, 0.25) is 0 Å². The summed E-state index contributed by atoms with van der Waals surface area (Å²) in [6.07, 6.45) is 0. The molecule has 0 aromatic rings. The Bertz CT molecular complexity index is 246. The largest absolute Gasteiger partial charge is 0.342 e. The molecule has 4 nitrogen and oxygen atoms in total. The number of rotatable bonds is 4. The summed E-state index contributed by atoms with van der Waals surface area (Å²) in [5, 5.41) is 0. The van der Waals surface area contributed by atoms with Crippen LogP contribution in [-0.2, 0) is 13.8 Å². The molecule has 0 aliphatic rings. The van der Waals surface area contributed by atoms with Gasteiger partial charge in [-0.1, -0.05) is 0 Å². The minimum atomic E-state index is -3.71. The Morgan fingerprint density at radius 1 is 1.33 bits per heavy atom. The van der Waals surface area contributed by atoms with Crippen molar-refractivity contribution in [3.63, 3.8) is 0 Å². The molecule has 0 rings (SSSR count). The number of carbonyl (C=O) groups is 1. The van der Waals surface area contributed by atoms with Crippen molar-refractivity contribution in [2.45, 2.75) is 13.8 Å². The minimum Gasteiger partial charge on any atom is -0.342 e. The van der Waals surface area contributed by atoms with E-state index in [9.17, 15) is 13.2 Å². The third kappa shape index (κ3) is 4.56. The molecule has 0 saturated heterocycles. The first-order chi connectivity index (χ1) is 5.40. The van der Waals surface area contributed by atoms with Crippen molar-refractivity contribution in [2.24, 2.45) is 0 Å². The van der Waals surface area contributed by atoms with Crippen LogP contribution in [0.25, 0.3) is 0 Å². The molecule has 0 aliphatic heterocycles. The van der Waals surface area contributed by atoms with Gasteiger partial charge in [-0.25, -0.2) is 8.42 Å². The highest BCUT2D eigenvalue weighted by Gasteiger charge is 2.17. The predicted molar refractivity (Wildman–Crippen MR) is 47.6 cm³/mol. The van der Waals surface area contributed by atoms with E-state index in [0.29, 0.717) is 13.1 Å². The molecule has 0 saturated carbocycles. The highest BCUT2D eigenvalue weighted by atomic mass is 35.7. The minimum absolute atomic E-state index is 0.449. The first kappa shape index (κ1) is 11.7. The zero-order chi connectivity index (χ0) is 9.78. The second-order valence-electron chi connectivity index (χ2n) is 2.25. The standard InChI is InChI=1S/C6H12ClNO3S/c1-3-8(4-2)6(9)5-12(7,10)11/h3-5H2,1-2H3. The van der Waals surface area contributed by atoms with Crippen molar-refractivity contribution in [3.05, 3.63) is 0 Å². The number of halogens is 1. The van der Waals surface area contributed by atoms with Crippen molar-refractivity contribution in [2.75, 3.05) is 18.8 Å². The fourth-order valence-electron chi connectivity index (χ4n) is 0.815. The molecule has 0 aromatic heterocycles. The summed E-state index contributed by atoms with van der Waals surface area (Å²) in [5.41, 5.74) is 0. The molecule has 0 aromatic carbocycles. The van der Waals surface area contributed by atoms with E-state index in [4.69, 9.17) is 10.7 Å². The summed E-state index contributed by atoms with van der Waals surface area (Å²) in [7, 11) is 1.20. The van der Waals surface area contributed by atoms with Gasteiger partial charge in [0, 0.05) is 23.8 Å². The van der Waals surface area contributed by atoms with Crippen LogP contribution in [0, 0.1) is 0 Å². The van der Waals surface area contributed by atoms with E-state index in [2.05, 4.69) is 0 Å². The Labute approximate surface area is 76.9 Å². The summed E-state index contributed by atoms with van der Waals surface area (Å²) in [6.45, 7) is 4.56. The molecule has 0 N–H and O–H groups in total. The fourth-order valence-corrected chi connectivity index (χ4v) is 1.57. The molecule has 6 heteroatoms. The molecule has 72 valence electrons. The molecule has 0 spiro atoms. The quantitative estimate of drug-likeness (QED) is 0.637. The van der Waals surface area contributed by atoms with Crippen LogP contribution in [0.5, 0.6) is 0 Å². The van der Waals surface area contributed by atoms with E-state index in [1.807, 2.05) is 0 Å². The average molecular weight is 214 g/mol. The summed E-state index contributed by atoms with van der Waals surface area (Å²) in [4.78, 5) is 12.5. The highest BCUT2D eigenvalue weighted by molar-refractivity contribution is 8.14. The maximum Gasteiger partial charge on any atom is 0.241 e. The van der Waals surface area contributed by atoms with Crippen molar-refractivity contribution < 1.29 is 13.2 Å². The van der Waals surface area contributed by atoms with Gasteiger partial charge in [0.25, 0.3) is 0 Å². The lowest BCUT2D eigenvalue weighted by molar-refractivity contribution is -0.128. The van der Waals surface area contributed by atoms with Crippen LogP contribution in [0.4, 0.5) is 0 Å². The van der Waals surface area contributed by atoms with E-state index >= 15 is 0 Å². The zero-order valence-corrected chi connectivity index (χ0v) is 8.65. The van der Waals surface area contributed by atoms with Gasteiger partial charge in [0.05, 0.1) is 0 Å². The van der Waals surface area contributed by atoms with Crippen LogP contribution >= 0.6 is 10.7 Å². The van der Waals surface area contributed by atoms with E-state index in [-0.39, 0.29) is 0 Å². The Kier molecular flexibility index (Phi) is 4.55. The van der Waals surface area contributed by atoms with Crippen LogP contribution in [0.15, 0.2) is 0 Å². The van der Waals surface area contributed by atoms with Gasteiger partial charge >= 0.3 is 0 Å². The van der Waals surface area contributed by atoms with Gasteiger partial charge in [-0.05, 0) is 13.8 Å². The average Bonchev–Trinajstić information content (AvgIpc) is 1.85. The molecule has 0 aliphatic carbocycles. The molecule has 0 heterocycles. The third-order valence-corrected chi connectivity index (χ3v) is 2.33. The summed E-state index contributed by atoms with van der Waals surface area (Å²) < 4.78 is 21.0. The maximum atomic E-state index is 11.1.